The molecular formula is C27H33N5O4. The number of carbonyl (C=O) groups is 2. The molecule has 0 saturated heterocycles. The first-order valence-corrected chi connectivity index (χ1v) is 12.6. The highest BCUT2D eigenvalue weighted by atomic mass is 16.5. The average Bonchev–Trinajstić information content (AvgIpc) is 3.62. The molecule has 2 heterocycles. The molecule has 0 bridgehead atoms. The van der Waals surface area contributed by atoms with Gasteiger partial charge in [0.25, 0.3) is 5.91 Å². The van der Waals surface area contributed by atoms with E-state index in [1.54, 1.807) is 14.0 Å². The summed E-state index contributed by atoms with van der Waals surface area (Å²) in [5, 5.41) is 3.02. The third-order valence-corrected chi connectivity index (χ3v) is 7.21. The molecule has 4 N–H and O–H groups in total. The van der Waals surface area contributed by atoms with Crippen LogP contribution in [0, 0.1) is 12.8 Å². The van der Waals surface area contributed by atoms with Crippen LogP contribution in [0.1, 0.15) is 73.2 Å². The molecule has 2 aliphatic carbocycles. The number of fused-ring (bicyclic) bond motifs is 1. The SMILES string of the molecule is COc1ccc(OCC2CC2)c(-c2nc(C3CCC(NC(C)=O)CC3)nc3c(C(N)=O)c(C)[nH]c23)c1. The minimum atomic E-state index is -0.528. The van der Waals surface area contributed by atoms with Crippen molar-refractivity contribution in [1.82, 2.24) is 20.3 Å². The number of aromatic amines is 1. The zero-order valence-corrected chi connectivity index (χ0v) is 21.0. The fourth-order valence-electron chi connectivity index (χ4n) is 5.11. The van der Waals surface area contributed by atoms with E-state index in [1.165, 1.54) is 12.8 Å². The van der Waals surface area contributed by atoms with Gasteiger partial charge in [0, 0.05) is 30.1 Å². The number of benzene rings is 1. The lowest BCUT2D eigenvalue weighted by molar-refractivity contribution is -0.119. The van der Waals surface area contributed by atoms with Gasteiger partial charge in [-0.3, -0.25) is 9.59 Å². The van der Waals surface area contributed by atoms with Crippen molar-refractivity contribution in [1.29, 1.82) is 0 Å². The standard InChI is InChI=1S/C27H33N5O4/c1-14-22(26(28)34)24-25(29-14)23(20-12-19(35-3)10-11-21(20)36-13-16-4-5-16)31-27(32-24)17-6-8-18(9-7-17)30-15(2)33/h10-12,16-18,29H,4-9,13H2,1-3H3,(H2,28,34)(H,30,33). The predicted octanol–water partition coefficient (Wildman–Crippen LogP) is 3.99. The summed E-state index contributed by atoms with van der Waals surface area (Å²) in [7, 11) is 1.63. The van der Waals surface area contributed by atoms with Crippen LogP contribution in [0.4, 0.5) is 0 Å². The Balaban J connectivity index is 1.61. The Morgan fingerprint density at radius 2 is 1.89 bits per heavy atom. The van der Waals surface area contributed by atoms with E-state index < -0.39 is 5.91 Å². The van der Waals surface area contributed by atoms with Gasteiger partial charge < -0.3 is 25.5 Å². The topological polar surface area (TPSA) is 132 Å². The third kappa shape index (κ3) is 4.87. The van der Waals surface area contributed by atoms with Gasteiger partial charge in [0.15, 0.2) is 0 Å². The normalized spacial score (nSPS) is 19.8. The number of hydrogen-bond acceptors (Lipinski definition) is 6. The lowest BCUT2D eigenvalue weighted by Crippen LogP contribution is -2.36. The second-order valence-electron chi connectivity index (χ2n) is 10.0. The Bertz CT molecular complexity index is 1310. The summed E-state index contributed by atoms with van der Waals surface area (Å²) in [6.07, 6.45) is 5.76. The number of methoxy groups -OCH3 is 1. The summed E-state index contributed by atoms with van der Waals surface area (Å²) >= 11 is 0. The second kappa shape index (κ2) is 9.79. The molecule has 0 atom stereocenters. The second-order valence-corrected chi connectivity index (χ2v) is 10.0. The molecule has 1 aromatic carbocycles. The zero-order chi connectivity index (χ0) is 25.4. The van der Waals surface area contributed by atoms with Crippen LogP contribution in [-0.4, -0.2) is 46.5 Å². The van der Waals surface area contributed by atoms with Gasteiger partial charge in [-0.05, 0) is 69.6 Å². The summed E-state index contributed by atoms with van der Waals surface area (Å²) in [5.74, 6) is 2.24. The molecular weight excluding hydrogens is 458 g/mol. The number of nitrogens with two attached hydrogens (primary N) is 1. The highest BCUT2D eigenvalue weighted by Gasteiger charge is 2.29. The zero-order valence-electron chi connectivity index (χ0n) is 21.0. The number of primary amides is 1. The number of carbonyl (C=O) groups excluding carboxylic acids is 2. The van der Waals surface area contributed by atoms with E-state index in [9.17, 15) is 9.59 Å². The van der Waals surface area contributed by atoms with E-state index in [-0.39, 0.29) is 17.9 Å². The van der Waals surface area contributed by atoms with Crippen molar-refractivity contribution in [2.45, 2.75) is 64.3 Å². The summed E-state index contributed by atoms with van der Waals surface area (Å²) in [4.78, 5) is 37.1. The van der Waals surface area contributed by atoms with E-state index in [0.29, 0.717) is 52.1 Å². The van der Waals surface area contributed by atoms with Gasteiger partial charge in [0.05, 0.1) is 24.8 Å². The highest BCUT2D eigenvalue weighted by molar-refractivity contribution is 6.08. The maximum atomic E-state index is 12.4. The summed E-state index contributed by atoms with van der Waals surface area (Å²) in [6, 6.07) is 5.87. The first kappa shape index (κ1) is 24.1. The van der Waals surface area contributed by atoms with Gasteiger partial charge in [-0.25, -0.2) is 9.97 Å². The van der Waals surface area contributed by atoms with Gasteiger partial charge in [-0.1, -0.05) is 0 Å². The van der Waals surface area contributed by atoms with Crippen molar-refractivity contribution in [2.75, 3.05) is 13.7 Å². The van der Waals surface area contributed by atoms with Crippen LogP contribution in [0.5, 0.6) is 11.5 Å². The van der Waals surface area contributed by atoms with E-state index in [4.69, 9.17) is 25.2 Å². The highest BCUT2D eigenvalue weighted by Crippen LogP contribution is 2.40. The van der Waals surface area contributed by atoms with Gasteiger partial charge in [-0.2, -0.15) is 0 Å². The Kier molecular flexibility index (Phi) is 6.55. The van der Waals surface area contributed by atoms with Crippen molar-refractivity contribution < 1.29 is 19.1 Å². The van der Waals surface area contributed by atoms with Crippen LogP contribution in [0.15, 0.2) is 18.2 Å². The molecule has 36 heavy (non-hydrogen) atoms. The molecule has 2 fully saturated rings. The minimum absolute atomic E-state index is 0.0101. The van der Waals surface area contributed by atoms with Crippen molar-refractivity contribution >= 4 is 22.8 Å². The number of H-pyrrole nitrogens is 1. The Labute approximate surface area is 210 Å². The molecule has 2 aliphatic rings. The fourth-order valence-corrected chi connectivity index (χ4v) is 5.11. The van der Waals surface area contributed by atoms with Crippen molar-refractivity contribution in [3.05, 3.63) is 35.3 Å². The molecule has 2 amide bonds. The van der Waals surface area contributed by atoms with Gasteiger partial charge in [-0.15, -0.1) is 0 Å². The number of amides is 2. The maximum Gasteiger partial charge on any atom is 0.252 e. The molecule has 9 nitrogen and oxygen atoms in total. The van der Waals surface area contributed by atoms with E-state index in [1.807, 2.05) is 25.1 Å². The van der Waals surface area contributed by atoms with E-state index in [2.05, 4.69) is 10.3 Å². The lowest BCUT2D eigenvalue weighted by Gasteiger charge is -2.28. The number of nitrogens with one attached hydrogen (secondary N) is 2. The first-order valence-electron chi connectivity index (χ1n) is 12.6. The first-order chi connectivity index (χ1) is 17.3. The van der Waals surface area contributed by atoms with Crippen LogP contribution < -0.4 is 20.5 Å². The maximum absolute atomic E-state index is 12.4. The van der Waals surface area contributed by atoms with Crippen LogP contribution in [-0.2, 0) is 4.79 Å². The monoisotopic (exact) mass is 491 g/mol. The molecule has 190 valence electrons. The molecule has 0 spiro atoms. The summed E-state index contributed by atoms with van der Waals surface area (Å²) in [5.41, 5.74) is 9.43. The molecule has 5 rings (SSSR count). The molecule has 2 aromatic heterocycles. The van der Waals surface area contributed by atoms with E-state index in [0.717, 1.165) is 37.0 Å². The number of rotatable bonds is 8. The lowest BCUT2D eigenvalue weighted by atomic mass is 9.85. The van der Waals surface area contributed by atoms with Gasteiger partial charge in [0.1, 0.15) is 28.5 Å². The molecule has 3 aromatic rings. The van der Waals surface area contributed by atoms with Gasteiger partial charge >= 0.3 is 0 Å². The number of nitrogens with zero attached hydrogens (tertiary/aromatic N) is 2. The number of aromatic nitrogens is 3. The van der Waals surface area contributed by atoms with Crippen LogP contribution in [0.3, 0.4) is 0 Å². The van der Waals surface area contributed by atoms with E-state index >= 15 is 0 Å². The van der Waals surface area contributed by atoms with Crippen molar-refractivity contribution in [2.24, 2.45) is 11.7 Å². The molecule has 0 aliphatic heterocycles. The predicted molar refractivity (Wildman–Crippen MR) is 136 cm³/mol. The fraction of sp³-hybridized carbons (Fsp3) is 0.481. The van der Waals surface area contributed by atoms with Crippen LogP contribution >= 0.6 is 0 Å². The van der Waals surface area contributed by atoms with Crippen LogP contribution in [0.2, 0.25) is 0 Å². The number of ether oxygens (including phenoxy) is 2. The number of aryl methyl sites for hydroxylation is 1. The summed E-state index contributed by atoms with van der Waals surface area (Å²) in [6.45, 7) is 4.02. The molecule has 0 unspecified atom stereocenters. The van der Waals surface area contributed by atoms with Gasteiger partial charge in [0.2, 0.25) is 5.91 Å². The number of hydrogen-bond donors (Lipinski definition) is 3. The Hall–Kier alpha value is -3.62. The van der Waals surface area contributed by atoms with Crippen molar-refractivity contribution in [3.8, 4) is 22.8 Å². The molecule has 0 radical (unpaired) electrons. The summed E-state index contributed by atoms with van der Waals surface area (Å²) < 4.78 is 11.7. The Morgan fingerprint density at radius 1 is 1.14 bits per heavy atom. The van der Waals surface area contributed by atoms with Crippen molar-refractivity contribution in [3.63, 3.8) is 0 Å². The average molecular weight is 492 g/mol. The molecule has 2 saturated carbocycles. The quantitative estimate of drug-likeness (QED) is 0.436. The third-order valence-electron chi connectivity index (χ3n) is 7.21. The Morgan fingerprint density at radius 3 is 2.53 bits per heavy atom. The smallest absolute Gasteiger partial charge is 0.252 e. The molecule has 9 heteroatoms. The van der Waals surface area contributed by atoms with Crippen LogP contribution in [0.25, 0.3) is 22.3 Å². The largest absolute Gasteiger partial charge is 0.497 e. The minimum Gasteiger partial charge on any atom is -0.497 e.